The number of hydrogen-bond donors (Lipinski definition) is 1. The molecule has 2 aliphatic rings. The van der Waals surface area contributed by atoms with Crippen molar-refractivity contribution in [3.05, 3.63) is 0 Å². The smallest absolute Gasteiger partial charge is 0.870 e. The maximum absolute atomic E-state index is 11.2. The molecule has 24 heavy (non-hydrogen) atoms. The van der Waals surface area contributed by atoms with Gasteiger partial charge >= 0.3 is 41.5 Å². The van der Waals surface area contributed by atoms with Crippen molar-refractivity contribution in [1.29, 1.82) is 0 Å². The monoisotopic (exact) mass is 352 g/mol. The van der Waals surface area contributed by atoms with E-state index in [1.807, 2.05) is 0 Å². The Balaban J connectivity index is 0. The standard InChI is InChI=1S/C9H14O3.C7H10O3.Na.H2O/c1-2-12-9(11)7-5-3-4-6-8(7)10;8-6-4-2-1-3-5(6)7(9)10;;/h7H,2-6H2,1H3;5H,1-4H2,(H,9,10);;1H2/q;;+1;/p-1. The Morgan fingerprint density at radius 3 is 1.79 bits per heavy atom. The number of Topliss-reactive ketones (excluding diaryl/α,β-unsaturated/α-hetero) is 2. The van der Waals surface area contributed by atoms with Gasteiger partial charge in [0.05, 0.1) is 6.61 Å². The molecule has 0 saturated heterocycles. The second kappa shape index (κ2) is 13.5. The molecule has 0 aromatic carbocycles. The van der Waals surface area contributed by atoms with Crippen molar-refractivity contribution in [2.75, 3.05) is 6.61 Å². The number of carboxylic acids is 1. The number of carboxylic acid groups (broad SMARTS) is 1. The van der Waals surface area contributed by atoms with Crippen LogP contribution >= 0.6 is 0 Å². The van der Waals surface area contributed by atoms with Gasteiger partial charge in [-0.05, 0) is 32.6 Å². The molecule has 8 heteroatoms. The van der Waals surface area contributed by atoms with Gasteiger partial charge in [-0.1, -0.05) is 12.8 Å². The van der Waals surface area contributed by atoms with Crippen LogP contribution in [-0.2, 0) is 23.9 Å². The molecule has 0 aromatic rings. The summed E-state index contributed by atoms with van der Waals surface area (Å²) in [4.78, 5) is 43.6. The van der Waals surface area contributed by atoms with Crippen molar-refractivity contribution in [2.45, 2.75) is 58.3 Å². The van der Waals surface area contributed by atoms with E-state index in [0.29, 0.717) is 32.3 Å². The van der Waals surface area contributed by atoms with E-state index in [1.165, 1.54) is 0 Å². The van der Waals surface area contributed by atoms with Crippen molar-refractivity contribution in [1.82, 2.24) is 0 Å². The average Bonchev–Trinajstić information content (AvgIpc) is 2.48. The molecule has 132 valence electrons. The van der Waals surface area contributed by atoms with E-state index in [9.17, 15) is 19.2 Å². The fourth-order valence-corrected chi connectivity index (χ4v) is 2.72. The minimum atomic E-state index is -0.954. The Labute approximate surface area is 164 Å². The van der Waals surface area contributed by atoms with Crippen LogP contribution in [0.2, 0.25) is 0 Å². The summed E-state index contributed by atoms with van der Waals surface area (Å²) >= 11 is 0. The fraction of sp³-hybridized carbons (Fsp3) is 0.750. The van der Waals surface area contributed by atoms with Crippen LogP contribution in [-0.4, -0.2) is 40.7 Å². The third-order valence-electron chi connectivity index (χ3n) is 3.98. The van der Waals surface area contributed by atoms with Gasteiger partial charge in [0.15, 0.2) is 0 Å². The summed E-state index contributed by atoms with van der Waals surface area (Å²) in [6.07, 6.45) is 5.85. The zero-order chi connectivity index (χ0) is 16.5. The van der Waals surface area contributed by atoms with Crippen LogP contribution in [0.15, 0.2) is 0 Å². The molecule has 7 nitrogen and oxygen atoms in total. The van der Waals surface area contributed by atoms with Crippen LogP contribution in [0, 0.1) is 11.8 Å². The van der Waals surface area contributed by atoms with Gasteiger partial charge in [-0.15, -0.1) is 0 Å². The first-order valence-electron chi connectivity index (χ1n) is 7.92. The van der Waals surface area contributed by atoms with Gasteiger partial charge in [0.25, 0.3) is 0 Å². The normalized spacial score (nSPS) is 22.9. The molecule has 2 fully saturated rings. The molecule has 2 aliphatic carbocycles. The largest absolute Gasteiger partial charge is 1.00 e. The van der Waals surface area contributed by atoms with E-state index in [2.05, 4.69) is 0 Å². The third-order valence-corrected chi connectivity index (χ3v) is 3.98. The first-order chi connectivity index (χ1) is 10.5. The van der Waals surface area contributed by atoms with Crippen LogP contribution in [0.3, 0.4) is 0 Å². The molecule has 0 aromatic heterocycles. The molecular formula is C16H25NaO7. The molecular weight excluding hydrogens is 327 g/mol. The number of ether oxygens (including phenoxy) is 1. The number of ketones is 2. The molecule has 0 radical (unpaired) electrons. The first kappa shape index (κ1) is 25.5. The maximum atomic E-state index is 11.2. The number of carbonyl (C=O) groups excluding carboxylic acids is 3. The van der Waals surface area contributed by atoms with Gasteiger partial charge in [0.1, 0.15) is 23.4 Å². The summed E-state index contributed by atoms with van der Waals surface area (Å²) in [6.45, 7) is 2.12. The zero-order valence-corrected chi connectivity index (χ0v) is 16.5. The average molecular weight is 352 g/mol. The Kier molecular flexibility index (Phi) is 14.4. The molecule has 0 amide bonds. The van der Waals surface area contributed by atoms with Gasteiger partial charge in [-0.3, -0.25) is 19.2 Å². The van der Waals surface area contributed by atoms with Crippen molar-refractivity contribution < 1.29 is 64.1 Å². The molecule has 2 saturated carbocycles. The second-order valence-corrected chi connectivity index (χ2v) is 5.62. The van der Waals surface area contributed by atoms with E-state index in [-0.39, 0.29) is 52.6 Å². The fourth-order valence-electron chi connectivity index (χ4n) is 2.72. The van der Waals surface area contributed by atoms with Crippen LogP contribution in [0.25, 0.3) is 0 Å². The topological polar surface area (TPSA) is 128 Å². The quantitative estimate of drug-likeness (QED) is 0.390. The number of rotatable bonds is 3. The van der Waals surface area contributed by atoms with E-state index in [0.717, 1.165) is 25.7 Å². The Hall–Kier alpha value is -0.760. The molecule has 2 atom stereocenters. The van der Waals surface area contributed by atoms with Gasteiger partial charge in [-0.2, -0.15) is 0 Å². The van der Waals surface area contributed by atoms with Crippen LogP contribution in [0.1, 0.15) is 58.3 Å². The van der Waals surface area contributed by atoms with Gasteiger partial charge in [0, 0.05) is 12.8 Å². The van der Waals surface area contributed by atoms with Crippen LogP contribution in [0.5, 0.6) is 0 Å². The summed E-state index contributed by atoms with van der Waals surface area (Å²) in [6, 6.07) is 0. The zero-order valence-electron chi connectivity index (χ0n) is 14.5. The predicted octanol–water partition coefficient (Wildman–Crippen LogP) is -1.03. The van der Waals surface area contributed by atoms with Gasteiger partial charge in [-0.25, -0.2) is 0 Å². The van der Waals surface area contributed by atoms with Crippen molar-refractivity contribution >= 4 is 23.5 Å². The van der Waals surface area contributed by atoms with Crippen LogP contribution < -0.4 is 29.6 Å². The van der Waals surface area contributed by atoms with E-state index in [1.54, 1.807) is 6.92 Å². The number of esters is 1. The SMILES string of the molecule is CCOC(=O)C1CCCCC1=O.O=C(O)C1CCCCC1=O.[Na+].[OH-]. The summed E-state index contributed by atoms with van der Waals surface area (Å²) in [5.41, 5.74) is 0. The molecule has 2 unspecified atom stereocenters. The first-order valence-corrected chi connectivity index (χ1v) is 7.92. The molecule has 0 aliphatic heterocycles. The number of carbonyl (C=O) groups is 4. The summed E-state index contributed by atoms with van der Waals surface area (Å²) < 4.78 is 4.79. The Morgan fingerprint density at radius 2 is 1.46 bits per heavy atom. The van der Waals surface area contributed by atoms with Crippen molar-refractivity contribution in [3.8, 4) is 0 Å². The second-order valence-electron chi connectivity index (χ2n) is 5.62. The number of hydrogen-bond acceptors (Lipinski definition) is 6. The predicted molar refractivity (Wildman–Crippen MR) is 80.1 cm³/mol. The van der Waals surface area contributed by atoms with Gasteiger partial charge in [0.2, 0.25) is 0 Å². The molecule has 0 heterocycles. The molecule has 2 N–H and O–H groups in total. The summed E-state index contributed by atoms with van der Waals surface area (Å²) in [5, 5.41) is 8.49. The number of aliphatic carboxylic acids is 1. The van der Waals surface area contributed by atoms with E-state index < -0.39 is 17.8 Å². The molecule has 0 bridgehead atoms. The Morgan fingerprint density at radius 1 is 1.00 bits per heavy atom. The minimum Gasteiger partial charge on any atom is -0.870 e. The maximum Gasteiger partial charge on any atom is 1.00 e. The summed E-state index contributed by atoms with van der Waals surface area (Å²) in [7, 11) is 0. The van der Waals surface area contributed by atoms with Gasteiger partial charge < -0.3 is 15.3 Å². The minimum absolute atomic E-state index is 0. The van der Waals surface area contributed by atoms with Crippen molar-refractivity contribution in [3.63, 3.8) is 0 Å². The van der Waals surface area contributed by atoms with Crippen molar-refractivity contribution in [2.24, 2.45) is 11.8 Å². The Bertz CT molecular complexity index is 436. The summed E-state index contributed by atoms with van der Waals surface area (Å²) in [5.74, 6) is -2.49. The van der Waals surface area contributed by atoms with Crippen LogP contribution in [0.4, 0.5) is 0 Å². The molecule has 2 rings (SSSR count). The van der Waals surface area contributed by atoms with E-state index >= 15 is 0 Å². The third kappa shape index (κ3) is 8.37. The van der Waals surface area contributed by atoms with E-state index in [4.69, 9.17) is 9.84 Å². The molecule has 0 spiro atoms.